The van der Waals surface area contributed by atoms with Gasteiger partial charge in [0, 0.05) is 12.0 Å². The lowest BCUT2D eigenvalue weighted by atomic mass is 9.98. The number of nitrogens with one attached hydrogen (secondary N) is 2. The lowest BCUT2D eigenvalue weighted by molar-refractivity contribution is 0.0915. The van der Waals surface area contributed by atoms with E-state index in [4.69, 9.17) is 11.3 Å². The van der Waals surface area contributed by atoms with Crippen molar-refractivity contribution >= 4 is 27.3 Å². The average molecular weight is 429 g/mol. The summed E-state index contributed by atoms with van der Waals surface area (Å²) in [7, 11) is -3.14. The number of aryl methyl sites for hydroxylation is 1. The molecule has 0 spiro atoms. The zero-order chi connectivity index (χ0) is 22.1. The first-order valence-corrected chi connectivity index (χ1v) is 11.7. The lowest BCUT2D eigenvalue weighted by Gasteiger charge is -2.25. The van der Waals surface area contributed by atoms with Gasteiger partial charge in [-0.3, -0.25) is 15.2 Å². The summed E-state index contributed by atoms with van der Waals surface area (Å²) in [5.41, 5.74) is 2.93. The molecule has 1 aliphatic rings. The zero-order valence-corrected chi connectivity index (χ0v) is 18.3. The molecule has 0 aliphatic carbocycles. The van der Waals surface area contributed by atoms with E-state index in [0.717, 1.165) is 16.7 Å². The van der Waals surface area contributed by atoms with E-state index in [9.17, 15) is 13.2 Å². The third-order valence-electron chi connectivity index (χ3n) is 5.39. The Bertz CT molecular complexity index is 1080. The van der Waals surface area contributed by atoms with Crippen molar-refractivity contribution < 1.29 is 13.2 Å². The first-order chi connectivity index (χ1) is 14.0. The molecular weight excluding hydrogens is 400 g/mol. The summed E-state index contributed by atoms with van der Waals surface area (Å²) in [5.74, 6) is 5.97. The van der Waals surface area contributed by atoms with Crippen molar-refractivity contribution in [2.24, 2.45) is 5.84 Å². The number of sulfone groups is 1. The number of rotatable bonds is 5. The van der Waals surface area contributed by atoms with Crippen LogP contribution in [-0.2, 0) is 9.84 Å². The number of benzene rings is 2. The molecule has 2 aromatic rings. The van der Waals surface area contributed by atoms with E-state index in [0.29, 0.717) is 24.1 Å². The van der Waals surface area contributed by atoms with Crippen LogP contribution in [0.4, 0.5) is 5.69 Å². The molecule has 1 atom stereocenters. The van der Waals surface area contributed by atoms with Gasteiger partial charge in [-0.05, 0) is 49.6 Å². The molecule has 7 nitrogen and oxygen atoms in total. The largest absolute Gasteiger partial charge is 0.346 e. The number of amides is 1. The fourth-order valence-corrected chi connectivity index (χ4v) is 5.67. The summed E-state index contributed by atoms with van der Waals surface area (Å²) >= 11 is 0. The Hall–Kier alpha value is -2.71. The van der Waals surface area contributed by atoms with Crippen molar-refractivity contribution in [3.05, 3.63) is 53.6 Å². The summed E-state index contributed by atoms with van der Waals surface area (Å²) in [6, 6.07) is 13.1. The second kappa shape index (κ2) is 8.20. The highest BCUT2D eigenvalue weighted by molar-refractivity contribution is 7.91. The number of hydrogen-bond donors (Lipinski definition) is 3. The molecule has 2 aromatic carbocycles. The summed E-state index contributed by atoms with van der Waals surface area (Å²) in [6.07, 6.45) is 0.831. The summed E-state index contributed by atoms with van der Waals surface area (Å²) < 4.78 is 23.8. The van der Waals surface area contributed by atoms with Crippen LogP contribution < -0.4 is 16.2 Å². The minimum atomic E-state index is -3.14. The third-order valence-corrected chi connectivity index (χ3v) is 7.29. The Morgan fingerprint density at radius 2 is 1.87 bits per heavy atom. The number of carbonyl (C=O) groups is 1. The van der Waals surface area contributed by atoms with Gasteiger partial charge in [0.05, 0.1) is 22.7 Å². The smallest absolute Gasteiger partial charge is 0.251 e. The summed E-state index contributed by atoms with van der Waals surface area (Å²) in [5, 5.41) is 12.2. The van der Waals surface area contributed by atoms with Gasteiger partial charge in [0.15, 0.2) is 9.84 Å². The van der Waals surface area contributed by atoms with Gasteiger partial charge in [0.25, 0.3) is 5.91 Å². The highest BCUT2D eigenvalue weighted by Crippen LogP contribution is 2.28. The van der Waals surface area contributed by atoms with Gasteiger partial charge in [-0.25, -0.2) is 14.3 Å². The van der Waals surface area contributed by atoms with E-state index in [1.807, 2.05) is 44.2 Å². The van der Waals surface area contributed by atoms with Gasteiger partial charge < -0.3 is 5.32 Å². The van der Waals surface area contributed by atoms with E-state index < -0.39 is 15.4 Å². The molecule has 160 valence electrons. The maximum absolute atomic E-state index is 13.0. The normalized spacial score (nSPS) is 20.0. The van der Waals surface area contributed by atoms with Crippen LogP contribution in [0.1, 0.15) is 42.6 Å². The predicted molar refractivity (Wildman–Crippen MR) is 120 cm³/mol. The van der Waals surface area contributed by atoms with E-state index in [1.54, 1.807) is 19.1 Å². The standard InChI is InChI=1S/C22H28N4O3S/c1-4-20(23)26(24)19-12-17(16-7-5-15(2)6-8-16)11-18(13-19)21(27)25-22(3)9-10-30(28,29)14-22/h5-8,11-13,23H,4,9-10,14,24H2,1-3H3,(H,25,27). The second-order valence-electron chi connectivity index (χ2n) is 8.16. The Labute approximate surface area is 177 Å². The number of nitrogens with zero attached hydrogens (tertiary/aromatic N) is 1. The molecule has 0 aromatic heterocycles. The monoisotopic (exact) mass is 428 g/mol. The highest BCUT2D eigenvalue weighted by Gasteiger charge is 2.39. The SMILES string of the molecule is CCC(=N)N(N)c1cc(C(=O)NC2(C)CCS(=O)(=O)C2)cc(-c2ccc(C)cc2)c1. The fraction of sp³-hybridized carbons (Fsp3) is 0.364. The van der Waals surface area contributed by atoms with Crippen molar-refractivity contribution in [2.75, 3.05) is 16.5 Å². The predicted octanol–water partition coefficient (Wildman–Crippen LogP) is 3.04. The number of hydrazine groups is 1. The minimum Gasteiger partial charge on any atom is -0.346 e. The Kier molecular flexibility index (Phi) is 6.01. The molecule has 1 aliphatic heterocycles. The molecule has 1 heterocycles. The van der Waals surface area contributed by atoms with Crippen LogP contribution in [-0.4, -0.2) is 37.2 Å². The van der Waals surface area contributed by atoms with E-state index >= 15 is 0 Å². The number of carbonyl (C=O) groups excluding carboxylic acids is 1. The first-order valence-electron chi connectivity index (χ1n) is 9.89. The van der Waals surface area contributed by atoms with Crippen LogP contribution in [0.5, 0.6) is 0 Å². The molecule has 3 rings (SSSR count). The van der Waals surface area contributed by atoms with Crippen molar-refractivity contribution in [3.8, 4) is 11.1 Å². The van der Waals surface area contributed by atoms with E-state index in [2.05, 4.69) is 5.32 Å². The third kappa shape index (κ3) is 4.88. The number of amidine groups is 1. The quantitative estimate of drug-likeness (QED) is 0.293. The molecule has 1 saturated heterocycles. The van der Waals surface area contributed by atoms with Gasteiger partial charge in [-0.1, -0.05) is 36.8 Å². The molecule has 0 bridgehead atoms. The van der Waals surface area contributed by atoms with Crippen molar-refractivity contribution in [1.29, 1.82) is 5.41 Å². The minimum absolute atomic E-state index is 0.0697. The molecule has 0 saturated carbocycles. The van der Waals surface area contributed by atoms with Crippen LogP contribution in [0.2, 0.25) is 0 Å². The fourth-order valence-electron chi connectivity index (χ4n) is 3.58. The number of anilines is 1. The van der Waals surface area contributed by atoms with Crippen molar-refractivity contribution in [2.45, 2.75) is 39.2 Å². The summed E-state index contributed by atoms with van der Waals surface area (Å²) in [4.78, 5) is 13.0. The molecule has 8 heteroatoms. The highest BCUT2D eigenvalue weighted by atomic mass is 32.2. The van der Waals surface area contributed by atoms with Gasteiger partial charge in [0.1, 0.15) is 5.84 Å². The maximum atomic E-state index is 13.0. The van der Waals surface area contributed by atoms with Crippen molar-refractivity contribution in [3.63, 3.8) is 0 Å². The molecule has 1 unspecified atom stereocenters. The molecule has 1 amide bonds. The van der Waals surface area contributed by atoms with Crippen LogP contribution in [0.15, 0.2) is 42.5 Å². The lowest BCUT2D eigenvalue weighted by Crippen LogP contribution is -2.47. The maximum Gasteiger partial charge on any atom is 0.251 e. The molecular formula is C22H28N4O3S. The van der Waals surface area contributed by atoms with Crippen LogP contribution >= 0.6 is 0 Å². The van der Waals surface area contributed by atoms with E-state index in [-0.39, 0.29) is 23.2 Å². The molecule has 4 N–H and O–H groups in total. The summed E-state index contributed by atoms with van der Waals surface area (Å²) in [6.45, 7) is 5.59. The Balaban J connectivity index is 2.00. The average Bonchev–Trinajstić information content (AvgIpc) is 2.99. The van der Waals surface area contributed by atoms with E-state index in [1.165, 1.54) is 5.01 Å². The molecule has 1 fully saturated rings. The van der Waals surface area contributed by atoms with Crippen molar-refractivity contribution in [1.82, 2.24) is 5.32 Å². The number of nitrogens with two attached hydrogens (primary N) is 1. The number of hydrogen-bond acceptors (Lipinski definition) is 5. The Morgan fingerprint density at radius 3 is 2.43 bits per heavy atom. The van der Waals surface area contributed by atoms with Gasteiger partial charge in [-0.2, -0.15) is 0 Å². The second-order valence-corrected chi connectivity index (χ2v) is 10.3. The van der Waals surface area contributed by atoms with Crippen LogP contribution in [0.25, 0.3) is 11.1 Å². The van der Waals surface area contributed by atoms with Crippen LogP contribution in [0.3, 0.4) is 0 Å². The Morgan fingerprint density at radius 1 is 1.20 bits per heavy atom. The zero-order valence-electron chi connectivity index (χ0n) is 17.5. The molecule has 0 radical (unpaired) electrons. The topological polar surface area (TPSA) is 116 Å². The first kappa shape index (κ1) is 22.0. The van der Waals surface area contributed by atoms with Gasteiger partial charge >= 0.3 is 0 Å². The molecule has 30 heavy (non-hydrogen) atoms. The van der Waals surface area contributed by atoms with Gasteiger partial charge in [0.2, 0.25) is 0 Å². The van der Waals surface area contributed by atoms with Crippen LogP contribution in [0, 0.1) is 12.3 Å². The van der Waals surface area contributed by atoms with Gasteiger partial charge in [-0.15, -0.1) is 0 Å².